The molecule has 0 spiro atoms. The third-order valence-corrected chi connectivity index (χ3v) is 4.71. The second kappa shape index (κ2) is 7.22. The van der Waals surface area contributed by atoms with E-state index in [4.69, 9.17) is 11.6 Å². The molecule has 116 valence electrons. The Morgan fingerprint density at radius 1 is 1.27 bits per heavy atom. The number of rotatable bonds is 4. The van der Waals surface area contributed by atoms with Crippen LogP contribution < -0.4 is 0 Å². The highest BCUT2D eigenvalue weighted by molar-refractivity contribution is 7.07. The van der Waals surface area contributed by atoms with E-state index in [0.29, 0.717) is 11.4 Å². The maximum absolute atomic E-state index is 12.4. The molecule has 0 N–H and O–H groups in total. The van der Waals surface area contributed by atoms with Crippen molar-refractivity contribution < 1.29 is 4.79 Å². The Bertz CT molecular complexity index is 624. The fourth-order valence-corrected chi connectivity index (χ4v) is 3.40. The van der Waals surface area contributed by atoms with Gasteiger partial charge in [0, 0.05) is 43.1 Å². The van der Waals surface area contributed by atoms with Gasteiger partial charge in [0.15, 0.2) is 0 Å². The maximum atomic E-state index is 12.4. The molecule has 2 aromatic rings. The van der Waals surface area contributed by atoms with Gasteiger partial charge >= 0.3 is 0 Å². The van der Waals surface area contributed by atoms with Crippen LogP contribution in [0.5, 0.6) is 0 Å². The van der Waals surface area contributed by atoms with Crippen LogP contribution in [0.25, 0.3) is 0 Å². The molecule has 1 amide bonds. The Kier molecular flexibility index (Phi) is 5.08. The number of benzene rings is 1. The van der Waals surface area contributed by atoms with Crippen LogP contribution in [0.15, 0.2) is 35.2 Å². The van der Waals surface area contributed by atoms with Gasteiger partial charge in [-0.3, -0.25) is 9.69 Å². The van der Waals surface area contributed by atoms with E-state index >= 15 is 0 Å². The molecule has 1 aromatic heterocycles. The minimum atomic E-state index is 0.176. The standard InChI is InChI=1S/C16H18ClN3OS/c17-14-3-1-2-13(8-14)9-16(21)20-6-4-19(5-7-20)10-15-11-22-12-18-15/h1-3,8,11-12H,4-7,9-10H2. The number of hydrogen-bond acceptors (Lipinski definition) is 4. The molecule has 1 aliphatic rings. The molecule has 0 atom stereocenters. The van der Waals surface area contributed by atoms with Gasteiger partial charge in [0.1, 0.15) is 0 Å². The van der Waals surface area contributed by atoms with Crippen LogP contribution in [0.3, 0.4) is 0 Å². The van der Waals surface area contributed by atoms with Crippen LogP contribution in [0.1, 0.15) is 11.3 Å². The lowest BCUT2D eigenvalue weighted by atomic mass is 10.1. The number of nitrogens with zero attached hydrogens (tertiary/aromatic N) is 3. The van der Waals surface area contributed by atoms with E-state index in [0.717, 1.165) is 44.0 Å². The maximum Gasteiger partial charge on any atom is 0.227 e. The topological polar surface area (TPSA) is 36.4 Å². The molecular formula is C16H18ClN3OS. The van der Waals surface area contributed by atoms with Crippen molar-refractivity contribution in [3.05, 3.63) is 51.4 Å². The molecule has 0 bridgehead atoms. The summed E-state index contributed by atoms with van der Waals surface area (Å²) in [5.74, 6) is 0.176. The van der Waals surface area contributed by atoms with Gasteiger partial charge in [0.05, 0.1) is 17.6 Å². The van der Waals surface area contributed by atoms with Gasteiger partial charge in [-0.05, 0) is 17.7 Å². The molecule has 0 aliphatic carbocycles. The molecule has 3 rings (SSSR count). The van der Waals surface area contributed by atoms with Crippen LogP contribution in [0, 0.1) is 0 Å². The zero-order chi connectivity index (χ0) is 15.4. The number of piperazine rings is 1. The molecule has 0 unspecified atom stereocenters. The lowest BCUT2D eigenvalue weighted by Crippen LogP contribution is -2.48. The van der Waals surface area contributed by atoms with Crippen LogP contribution >= 0.6 is 22.9 Å². The second-order valence-corrected chi connectivity index (χ2v) is 6.60. The van der Waals surface area contributed by atoms with Gasteiger partial charge in [-0.1, -0.05) is 23.7 Å². The number of thiazole rings is 1. The van der Waals surface area contributed by atoms with Crippen LogP contribution in [-0.4, -0.2) is 46.9 Å². The average Bonchev–Trinajstić information content (AvgIpc) is 3.01. The summed E-state index contributed by atoms with van der Waals surface area (Å²) >= 11 is 7.59. The summed E-state index contributed by atoms with van der Waals surface area (Å²) in [5, 5.41) is 2.76. The van der Waals surface area contributed by atoms with Crippen molar-refractivity contribution in [3.8, 4) is 0 Å². The largest absolute Gasteiger partial charge is 0.340 e. The minimum absolute atomic E-state index is 0.176. The monoisotopic (exact) mass is 335 g/mol. The first-order valence-electron chi connectivity index (χ1n) is 7.32. The summed E-state index contributed by atoms with van der Waals surface area (Å²) in [4.78, 5) is 21.0. The number of halogens is 1. The van der Waals surface area contributed by atoms with Gasteiger partial charge in [0.2, 0.25) is 5.91 Å². The van der Waals surface area contributed by atoms with E-state index in [-0.39, 0.29) is 5.91 Å². The number of amides is 1. The number of carbonyl (C=O) groups is 1. The van der Waals surface area contributed by atoms with Crippen LogP contribution in [-0.2, 0) is 17.8 Å². The highest BCUT2D eigenvalue weighted by atomic mass is 35.5. The van der Waals surface area contributed by atoms with Gasteiger partial charge in [-0.15, -0.1) is 11.3 Å². The second-order valence-electron chi connectivity index (χ2n) is 5.44. The zero-order valence-electron chi connectivity index (χ0n) is 12.2. The predicted molar refractivity (Wildman–Crippen MR) is 89.1 cm³/mol. The Morgan fingerprint density at radius 3 is 2.77 bits per heavy atom. The number of hydrogen-bond donors (Lipinski definition) is 0. The molecule has 0 saturated carbocycles. The van der Waals surface area contributed by atoms with Gasteiger partial charge in [-0.2, -0.15) is 0 Å². The summed E-state index contributed by atoms with van der Waals surface area (Å²) in [6.45, 7) is 4.24. The fourth-order valence-electron chi connectivity index (χ4n) is 2.63. The Labute approximate surface area is 139 Å². The molecule has 2 heterocycles. The predicted octanol–water partition coefficient (Wildman–Crippen LogP) is 2.68. The molecule has 1 aromatic carbocycles. The third kappa shape index (κ3) is 4.06. The smallest absolute Gasteiger partial charge is 0.227 e. The average molecular weight is 336 g/mol. The Balaban J connectivity index is 1.49. The molecular weight excluding hydrogens is 318 g/mol. The Morgan fingerprint density at radius 2 is 2.09 bits per heavy atom. The first-order chi connectivity index (χ1) is 10.7. The first-order valence-corrected chi connectivity index (χ1v) is 8.64. The fraction of sp³-hybridized carbons (Fsp3) is 0.375. The molecule has 1 fully saturated rings. The van der Waals surface area contributed by atoms with Crippen molar-refractivity contribution >= 4 is 28.8 Å². The third-order valence-electron chi connectivity index (χ3n) is 3.84. The van der Waals surface area contributed by atoms with E-state index in [1.54, 1.807) is 11.3 Å². The minimum Gasteiger partial charge on any atom is -0.340 e. The summed E-state index contributed by atoms with van der Waals surface area (Å²) in [7, 11) is 0. The van der Waals surface area contributed by atoms with Crippen molar-refractivity contribution in [1.29, 1.82) is 0 Å². The quantitative estimate of drug-likeness (QED) is 0.862. The van der Waals surface area contributed by atoms with Crippen LogP contribution in [0.4, 0.5) is 0 Å². The van der Waals surface area contributed by atoms with Crippen molar-refractivity contribution in [1.82, 2.24) is 14.8 Å². The molecule has 6 heteroatoms. The van der Waals surface area contributed by atoms with E-state index in [2.05, 4.69) is 15.3 Å². The molecule has 1 aliphatic heterocycles. The highest BCUT2D eigenvalue weighted by Crippen LogP contribution is 2.13. The van der Waals surface area contributed by atoms with Crippen molar-refractivity contribution in [2.45, 2.75) is 13.0 Å². The lowest BCUT2D eigenvalue weighted by molar-refractivity contribution is -0.132. The van der Waals surface area contributed by atoms with Crippen molar-refractivity contribution in [2.24, 2.45) is 0 Å². The normalized spacial score (nSPS) is 16.0. The molecule has 1 saturated heterocycles. The zero-order valence-corrected chi connectivity index (χ0v) is 13.8. The number of carbonyl (C=O) groups excluding carboxylic acids is 1. The molecule has 22 heavy (non-hydrogen) atoms. The summed E-state index contributed by atoms with van der Waals surface area (Å²) in [6, 6.07) is 7.52. The van der Waals surface area contributed by atoms with E-state index < -0.39 is 0 Å². The van der Waals surface area contributed by atoms with Gasteiger partial charge < -0.3 is 4.90 Å². The van der Waals surface area contributed by atoms with E-state index in [1.807, 2.05) is 34.7 Å². The summed E-state index contributed by atoms with van der Waals surface area (Å²) < 4.78 is 0. The Hall–Kier alpha value is -1.43. The van der Waals surface area contributed by atoms with E-state index in [9.17, 15) is 4.79 Å². The molecule has 4 nitrogen and oxygen atoms in total. The van der Waals surface area contributed by atoms with Gasteiger partial charge in [0.25, 0.3) is 0 Å². The van der Waals surface area contributed by atoms with Gasteiger partial charge in [-0.25, -0.2) is 4.98 Å². The summed E-state index contributed by atoms with van der Waals surface area (Å²) in [5.41, 5.74) is 3.95. The molecule has 0 radical (unpaired) electrons. The van der Waals surface area contributed by atoms with E-state index in [1.165, 1.54) is 0 Å². The number of aromatic nitrogens is 1. The summed E-state index contributed by atoms with van der Waals surface area (Å²) in [6.07, 6.45) is 0.423. The van der Waals surface area contributed by atoms with Crippen LogP contribution in [0.2, 0.25) is 5.02 Å². The lowest BCUT2D eigenvalue weighted by Gasteiger charge is -2.34. The van der Waals surface area contributed by atoms with Crippen molar-refractivity contribution in [3.63, 3.8) is 0 Å². The first kappa shape index (κ1) is 15.5. The highest BCUT2D eigenvalue weighted by Gasteiger charge is 2.21. The van der Waals surface area contributed by atoms with Crippen molar-refractivity contribution in [2.75, 3.05) is 26.2 Å². The SMILES string of the molecule is O=C(Cc1cccc(Cl)c1)N1CCN(Cc2cscn2)CC1.